The van der Waals surface area contributed by atoms with Crippen LogP contribution in [-0.4, -0.2) is 26.7 Å². The molecular formula is C18H20N4O2S. The number of aryl methyl sites for hydroxylation is 1. The lowest BCUT2D eigenvalue weighted by atomic mass is 10.2. The molecule has 2 aromatic heterocycles. The second kappa shape index (κ2) is 7.94. The van der Waals surface area contributed by atoms with Crippen LogP contribution in [-0.2, 0) is 13.2 Å². The fourth-order valence-corrected chi connectivity index (χ4v) is 2.97. The lowest BCUT2D eigenvalue weighted by Crippen LogP contribution is -2.35. The molecule has 6 nitrogen and oxygen atoms in total. The first-order valence-electron chi connectivity index (χ1n) is 8.02. The van der Waals surface area contributed by atoms with Gasteiger partial charge in [0, 0.05) is 29.4 Å². The predicted octanol–water partition coefficient (Wildman–Crippen LogP) is 3.05. The summed E-state index contributed by atoms with van der Waals surface area (Å²) in [4.78, 5) is 16.6. The Kier molecular flexibility index (Phi) is 5.45. The second-order valence-electron chi connectivity index (χ2n) is 5.77. The summed E-state index contributed by atoms with van der Waals surface area (Å²) < 4.78 is 7.49. The first kappa shape index (κ1) is 17.2. The molecule has 1 aromatic carbocycles. The molecule has 0 spiro atoms. The van der Waals surface area contributed by atoms with Crippen LogP contribution in [0.5, 0.6) is 5.75 Å². The van der Waals surface area contributed by atoms with Gasteiger partial charge in [-0.25, -0.2) is 4.98 Å². The minimum absolute atomic E-state index is 0.0174. The molecular weight excluding hydrogens is 336 g/mol. The van der Waals surface area contributed by atoms with Gasteiger partial charge in [-0.05, 0) is 44.2 Å². The molecule has 25 heavy (non-hydrogen) atoms. The number of carbonyl (C=O) groups excluding carboxylic acids is 1. The summed E-state index contributed by atoms with van der Waals surface area (Å²) in [5.41, 5.74) is 1.51. The Hall–Kier alpha value is -2.67. The summed E-state index contributed by atoms with van der Waals surface area (Å²) in [6, 6.07) is 8.96. The van der Waals surface area contributed by atoms with Gasteiger partial charge in [0.25, 0.3) is 5.91 Å². The van der Waals surface area contributed by atoms with Gasteiger partial charge < -0.3 is 10.1 Å². The number of thiazole rings is 1. The van der Waals surface area contributed by atoms with Gasteiger partial charge in [-0.2, -0.15) is 5.10 Å². The minimum atomic E-state index is -0.110. The number of ether oxygens (including phenoxy) is 1. The third-order valence-corrected chi connectivity index (χ3v) is 4.39. The maximum absolute atomic E-state index is 12.3. The Bertz CT molecular complexity index is 812. The van der Waals surface area contributed by atoms with Gasteiger partial charge in [0.1, 0.15) is 12.4 Å². The third kappa shape index (κ3) is 4.90. The zero-order valence-electron chi connectivity index (χ0n) is 14.2. The van der Waals surface area contributed by atoms with Crippen LogP contribution in [0.15, 0.2) is 48.1 Å². The van der Waals surface area contributed by atoms with Crippen LogP contribution in [0.2, 0.25) is 0 Å². The first-order valence-corrected chi connectivity index (χ1v) is 8.90. The summed E-state index contributed by atoms with van der Waals surface area (Å²) in [5.74, 6) is 0.605. The summed E-state index contributed by atoms with van der Waals surface area (Å²) in [5, 5.41) is 10.1. The van der Waals surface area contributed by atoms with Crippen molar-refractivity contribution in [1.82, 2.24) is 20.1 Å². The summed E-state index contributed by atoms with van der Waals surface area (Å²) in [6.07, 6.45) is 3.60. The van der Waals surface area contributed by atoms with Crippen molar-refractivity contribution in [3.63, 3.8) is 0 Å². The van der Waals surface area contributed by atoms with Crippen molar-refractivity contribution in [1.29, 1.82) is 0 Å². The van der Waals surface area contributed by atoms with Gasteiger partial charge in [0.2, 0.25) is 0 Å². The first-order chi connectivity index (χ1) is 12.1. The van der Waals surface area contributed by atoms with Gasteiger partial charge in [-0.15, -0.1) is 11.3 Å². The highest BCUT2D eigenvalue weighted by molar-refractivity contribution is 7.09. The molecule has 1 N–H and O–H groups in total. The topological polar surface area (TPSA) is 69.0 Å². The van der Waals surface area contributed by atoms with Crippen molar-refractivity contribution in [2.45, 2.75) is 33.0 Å². The van der Waals surface area contributed by atoms with Crippen molar-refractivity contribution in [3.8, 4) is 5.75 Å². The van der Waals surface area contributed by atoms with Crippen molar-refractivity contribution in [3.05, 3.63) is 64.4 Å². The Morgan fingerprint density at radius 2 is 2.16 bits per heavy atom. The molecule has 3 aromatic rings. The van der Waals surface area contributed by atoms with Crippen molar-refractivity contribution in [2.24, 2.45) is 0 Å². The van der Waals surface area contributed by atoms with Gasteiger partial charge in [-0.1, -0.05) is 0 Å². The molecule has 7 heteroatoms. The molecule has 2 heterocycles. The van der Waals surface area contributed by atoms with Crippen molar-refractivity contribution >= 4 is 17.2 Å². The number of hydrogen-bond acceptors (Lipinski definition) is 5. The van der Waals surface area contributed by atoms with E-state index < -0.39 is 0 Å². The highest BCUT2D eigenvalue weighted by atomic mass is 32.1. The number of rotatable bonds is 7. The quantitative estimate of drug-likeness (QED) is 0.706. The van der Waals surface area contributed by atoms with Gasteiger partial charge in [-0.3, -0.25) is 9.48 Å². The highest BCUT2D eigenvalue weighted by Gasteiger charge is 2.10. The Morgan fingerprint density at radius 1 is 1.36 bits per heavy atom. The Morgan fingerprint density at radius 3 is 2.80 bits per heavy atom. The molecule has 0 bridgehead atoms. The lowest BCUT2D eigenvalue weighted by molar-refractivity contribution is 0.0936. The number of benzene rings is 1. The Balaban J connectivity index is 1.51. The molecule has 0 saturated carbocycles. The smallest absolute Gasteiger partial charge is 0.251 e. The van der Waals surface area contributed by atoms with Crippen LogP contribution in [0.4, 0.5) is 0 Å². The standard InChI is InChI=1S/C18H20N4O2S/c1-13(10-22-9-3-8-19-22)20-18(23)15-4-6-17(7-5-15)24-11-16-12-25-14(2)21-16/h3-9,12-13H,10-11H2,1-2H3,(H,20,23)/t13-/m1/s1. The summed E-state index contributed by atoms with van der Waals surface area (Å²) in [7, 11) is 0. The zero-order valence-corrected chi connectivity index (χ0v) is 15.0. The zero-order chi connectivity index (χ0) is 17.6. The molecule has 1 amide bonds. The van der Waals surface area contributed by atoms with E-state index in [2.05, 4.69) is 15.4 Å². The van der Waals surface area contributed by atoms with E-state index in [1.165, 1.54) is 0 Å². The van der Waals surface area contributed by atoms with Crippen molar-refractivity contribution in [2.75, 3.05) is 0 Å². The number of nitrogens with zero attached hydrogens (tertiary/aromatic N) is 3. The molecule has 0 aliphatic rings. The van der Waals surface area contributed by atoms with E-state index in [9.17, 15) is 4.79 Å². The van der Waals surface area contributed by atoms with E-state index in [-0.39, 0.29) is 11.9 Å². The van der Waals surface area contributed by atoms with Gasteiger partial charge >= 0.3 is 0 Å². The lowest BCUT2D eigenvalue weighted by Gasteiger charge is -2.14. The molecule has 1 atom stereocenters. The number of nitrogens with one attached hydrogen (secondary N) is 1. The number of hydrogen-bond donors (Lipinski definition) is 1. The van der Waals surface area contributed by atoms with E-state index >= 15 is 0 Å². The molecule has 0 fully saturated rings. The second-order valence-corrected chi connectivity index (χ2v) is 6.84. The molecule has 130 valence electrons. The molecule has 0 aliphatic heterocycles. The van der Waals surface area contributed by atoms with Gasteiger partial charge in [0.05, 0.1) is 17.2 Å². The maximum Gasteiger partial charge on any atom is 0.251 e. The van der Waals surface area contributed by atoms with Crippen LogP contribution in [0, 0.1) is 6.92 Å². The number of aromatic nitrogens is 3. The average molecular weight is 356 g/mol. The average Bonchev–Trinajstić information content (AvgIpc) is 3.25. The Labute approximate surface area is 150 Å². The van der Waals surface area contributed by atoms with E-state index in [0.717, 1.165) is 10.7 Å². The predicted molar refractivity (Wildman–Crippen MR) is 96.8 cm³/mol. The molecule has 0 saturated heterocycles. The van der Waals surface area contributed by atoms with E-state index in [1.54, 1.807) is 46.5 Å². The monoisotopic (exact) mass is 356 g/mol. The minimum Gasteiger partial charge on any atom is -0.487 e. The number of amides is 1. The molecule has 0 unspecified atom stereocenters. The summed E-state index contributed by atoms with van der Waals surface area (Å²) in [6.45, 7) is 4.98. The van der Waals surface area contributed by atoms with Crippen LogP contribution in [0.3, 0.4) is 0 Å². The summed E-state index contributed by atoms with van der Waals surface area (Å²) >= 11 is 1.60. The molecule has 3 rings (SSSR count). The maximum atomic E-state index is 12.3. The largest absolute Gasteiger partial charge is 0.487 e. The van der Waals surface area contributed by atoms with Crippen LogP contribution < -0.4 is 10.1 Å². The normalized spacial score (nSPS) is 11.9. The SMILES string of the molecule is Cc1nc(COc2ccc(C(=O)N[C@H](C)Cn3cccn3)cc2)cs1. The van der Waals surface area contributed by atoms with Crippen molar-refractivity contribution < 1.29 is 9.53 Å². The van der Waals surface area contributed by atoms with E-state index in [1.807, 2.05) is 31.5 Å². The fourth-order valence-electron chi connectivity index (χ4n) is 2.38. The van der Waals surface area contributed by atoms with E-state index in [0.29, 0.717) is 24.5 Å². The van der Waals surface area contributed by atoms with Gasteiger partial charge in [0.15, 0.2) is 0 Å². The highest BCUT2D eigenvalue weighted by Crippen LogP contribution is 2.15. The van der Waals surface area contributed by atoms with Crippen LogP contribution >= 0.6 is 11.3 Å². The third-order valence-electron chi connectivity index (χ3n) is 3.57. The van der Waals surface area contributed by atoms with Crippen LogP contribution in [0.25, 0.3) is 0 Å². The van der Waals surface area contributed by atoms with Crippen LogP contribution in [0.1, 0.15) is 28.0 Å². The fraction of sp³-hybridized carbons (Fsp3) is 0.278. The molecule has 0 radical (unpaired) electrons. The number of carbonyl (C=O) groups is 1. The van der Waals surface area contributed by atoms with E-state index in [4.69, 9.17) is 4.74 Å². The molecule has 0 aliphatic carbocycles.